The van der Waals surface area contributed by atoms with E-state index in [1.165, 1.54) is 18.2 Å². The van der Waals surface area contributed by atoms with E-state index >= 15 is 0 Å². The van der Waals surface area contributed by atoms with Crippen molar-refractivity contribution in [2.45, 2.75) is 25.8 Å². The first kappa shape index (κ1) is 13.4. The van der Waals surface area contributed by atoms with Crippen LogP contribution in [0.25, 0.3) is 5.57 Å². The minimum absolute atomic E-state index is 0.418. The number of nitrogens with one attached hydrogen (secondary N) is 1. The molecule has 0 heterocycles. The first-order valence-corrected chi connectivity index (χ1v) is 6.36. The molecule has 0 bridgehead atoms. The van der Waals surface area contributed by atoms with Gasteiger partial charge in [0.15, 0.2) is 0 Å². The number of alkyl carbamates (subject to hydrolysis) is 1. The molecule has 0 aliphatic heterocycles. The Morgan fingerprint density at radius 1 is 1.32 bits per heavy atom. The molecule has 1 aliphatic rings. The molecule has 0 unspecified atom stereocenters. The van der Waals surface area contributed by atoms with Crippen LogP contribution in [0.15, 0.2) is 42.5 Å². The second kappa shape index (κ2) is 5.31. The van der Waals surface area contributed by atoms with Crippen LogP contribution in [0.5, 0.6) is 0 Å². The number of hydrogen-bond donors (Lipinski definition) is 1. The summed E-state index contributed by atoms with van der Waals surface area (Å²) in [6.07, 6.45) is 6.83. The molecule has 0 saturated heterocycles. The van der Waals surface area contributed by atoms with Gasteiger partial charge in [0.2, 0.25) is 0 Å². The highest BCUT2D eigenvalue weighted by molar-refractivity contribution is 5.75. The van der Waals surface area contributed by atoms with Gasteiger partial charge >= 0.3 is 6.09 Å². The number of allylic oxidation sites excluding steroid dienone is 4. The van der Waals surface area contributed by atoms with Crippen LogP contribution in [0, 0.1) is 0 Å². The van der Waals surface area contributed by atoms with Crippen LogP contribution in [0.1, 0.15) is 31.4 Å². The van der Waals surface area contributed by atoms with Crippen LogP contribution < -0.4 is 5.32 Å². The van der Waals surface area contributed by atoms with Crippen molar-refractivity contribution in [3.05, 3.63) is 53.6 Å². The Kier molecular flexibility index (Phi) is 3.74. The highest BCUT2D eigenvalue weighted by Gasteiger charge is 2.26. The summed E-state index contributed by atoms with van der Waals surface area (Å²) < 4.78 is 4.70. The highest BCUT2D eigenvalue weighted by atomic mass is 16.5. The predicted molar refractivity (Wildman–Crippen MR) is 76.7 cm³/mol. The lowest BCUT2D eigenvalue weighted by Crippen LogP contribution is -2.41. The third-order valence-electron chi connectivity index (χ3n) is 3.32. The topological polar surface area (TPSA) is 38.3 Å². The molecule has 0 saturated carbocycles. The molecule has 3 heteroatoms. The Morgan fingerprint density at radius 3 is 2.68 bits per heavy atom. The van der Waals surface area contributed by atoms with E-state index in [1.807, 2.05) is 32.0 Å². The molecule has 2 rings (SSSR count). The van der Waals surface area contributed by atoms with E-state index in [9.17, 15) is 4.79 Å². The molecule has 1 N–H and O–H groups in total. The van der Waals surface area contributed by atoms with Gasteiger partial charge in [0.05, 0.1) is 12.6 Å². The smallest absolute Gasteiger partial charge is 0.407 e. The van der Waals surface area contributed by atoms with Crippen molar-refractivity contribution < 1.29 is 9.53 Å². The number of methoxy groups -OCH3 is 1. The van der Waals surface area contributed by atoms with E-state index in [0.29, 0.717) is 0 Å². The summed E-state index contributed by atoms with van der Waals surface area (Å²) in [5, 5.41) is 2.88. The van der Waals surface area contributed by atoms with E-state index in [2.05, 4.69) is 29.6 Å². The Balaban J connectivity index is 2.36. The van der Waals surface area contributed by atoms with Crippen LogP contribution >= 0.6 is 0 Å². The molecule has 0 spiro atoms. The molecule has 1 aromatic carbocycles. The van der Waals surface area contributed by atoms with E-state index in [0.717, 1.165) is 12.0 Å². The Morgan fingerprint density at radius 2 is 2.05 bits per heavy atom. The maximum atomic E-state index is 11.5. The lowest BCUT2D eigenvalue weighted by Gasteiger charge is -2.28. The van der Waals surface area contributed by atoms with E-state index in [-0.39, 0.29) is 0 Å². The molecule has 1 amide bonds. The number of benzene rings is 1. The van der Waals surface area contributed by atoms with Gasteiger partial charge in [-0.2, -0.15) is 0 Å². The molecule has 100 valence electrons. The first-order valence-electron chi connectivity index (χ1n) is 6.36. The molecule has 19 heavy (non-hydrogen) atoms. The van der Waals surface area contributed by atoms with Gasteiger partial charge in [-0.3, -0.25) is 0 Å². The Bertz CT molecular complexity index is 541. The molecule has 0 fully saturated rings. The zero-order chi connectivity index (χ0) is 13.9. The second-order valence-corrected chi connectivity index (χ2v) is 5.11. The fraction of sp³-hybridized carbons (Fsp3) is 0.312. The van der Waals surface area contributed by atoms with Crippen LogP contribution in [-0.4, -0.2) is 13.2 Å². The number of carbonyl (C=O) groups excluding carboxylic acids is 1. The van der Waals surface area contributed by atoms with Crippen LogP contribution in [0.2, 0.25) is 0 Å². The molecule has 3 nitrogen and oxygen atoms in total. The molecular formula is C16H19NO2. The summed E-state index contributed by atoms with van der Waals surface area (Å²) >= 11 is 0. The average Bonchev–Trinajstić information content (AvgIpc) is 2.92. The van der Waals surface area contributed by atoms with Gasteiger partial charge in [0.1, 0.15) is 0 Å². The summed E-state index contributed by atoms with van der Waals surface area (Å²) in [4.78, 5) is 11.5. The largest absolute Gasteiger partial charge is 0.453 e. The van der Waals surface area contributed by atoms with E-state index in [4.69, 9.17) is 4.74 Å². The molecular weight excluding hydrogens is 238 g/mol. The van der Waals surface area contributed by atoms with Crippen molar-refractivity contribution in [3.63, 3.8) is 0 Å². The predicted octanol–water partition coefficient (Wildman–Crippen LogP) is 3.62. The van der Waals surface area contributed by atoms with Gasteiger partial charge in [-0.05, 0) is 37.0 Å². The summed E-state index contributed by atoms with van der Waals surface area (Å²) in [5.74, 6) is 0. The zero-order valence-corrected chi connectivity index (χ0v) is 11.6. The van der Waals surface area contributed by atoms with Gasteiger partial charge in [-0.25, -0.2) is 4.79 Å². The fourth-order valence-corrected chi connectivity index (χ4v) is 2.33. The summed E-state index contributed by atoms with van der Waals surface area (Å²) in [7, 11) is 1.38. The fourth-order valence-electron chi connectivity index (χ4n) is 2.33. The van der Waals surface area contributed by atoms with Crippen molar-refractivity contribution in [1.29, 1.82) is 0 Å². The molecule has 1 aromatic rings. The van der Waals surface area contributed by atoms with E-state index < -0.39 is 11.6 Å². The van der Waals surface area contributed by atoms with Crippen molar-refractivity contribution >= 4 is 11.7 Å². The van der Waals surface area contributed by atoms with Gasteiger partial charge in [-0.1, -0.05) is 42.5 Å². The lowest BCUT2D eigenvalue weighted by atomic mass is 9.86. The zero-order valence-electron chi connectivity index (χ0n) is 11.6. The van der Waals surface area contributed by atoms with Gasteiger partial charge in [0, 0.05) is 0 Å². The molecule has 1 aliphatic carbocycles. The number of hydrogen-bond acceptors (Lipinski definition) is 2. The second-order valence-electron chi connectivity index (χ2n) is 5.11. The standard InChI is InChI=1S/C16H19NO2/c1-16(2,17-15(18)19-3)14-11-7-6-10-13(14)12-8-4-5-9-12/h4-8,10-11H,9H2,1-3H3,(H,17,18). The summed E-state index contributed by atoms with van der Waals surface area (Å²) in [6, 6.07) is 8.15. The molecule has 0 aromatic heterocycles. The third kappa shape index (κ3) is 2.87. The third-order valence-corrected chi connectivity index (χ3v) is 3.32. The summed E-state index contributed by atoms with van der Waals surface area (Å²) in [5.41, 5.74) is 3.06. The van der Waals surface area contributed by atoms with Crippen molar-refractivity contribution in [2.75, 3.05) is 7.11 Å². The van der Waals surface area contributed by atoms with Crippen molar-refractivity contribution in [2.24, 2.45) is 0 Å². The van der Waals surface area contributed by atoms with Gasteiger partial charge in [-0.15, -0.1) is 0 Å². The number of rotatable bonds is 3. The minimum Gasteiger partial charge on any atom is -0.453 e. The average molecular weight is 257 g/mol. The van der Waals surface area contributed by atoms with Crippen LogP contribution in [0.3, 0.4) is 0 Å². The highest BCUT2D eigenvalue weighted by Crippen LogP contribution is 2.32. The SMILES string of the molecule is COC(=O)NC(C)(C)c1ccccc1C1=CC=CC1. The Hall–Kier alpha value is -2.03. The van der Waals surface area contributed by atoms with Crippen LogP contribution in [-0.2, 0) is 10.3 Å². The van der Waals surface area contributed by atoms with Gasteiger partial charge in [0.25, 0.3) is 0 Å². The normalized spacial score (nSPS) is 14.2. The lowest BCUT2D eigenvalue weighted by molar-refractivity contribution is 0.159. The molecule has 0 atom stereocenters. The minimum atomic E-state index is -0.479. The van der Waals surface area contributed by atoms with Crippen molar-refractivity contribution in [3.8, 4) is 0 Å². The van der Waals surface area contributed by atoms with E-state index in [1.54, 1.807) is 0 Å². The van der Waals surface area contributed by atoms with Crippen molar-refractivity contribution in [1.82, 2.24) is 5.32 Å². The quantitative estimate of drug-likeness (QED) is 0.898. The number of carbonyl (C=O) groups is 1. The summed E-state index contributed by atoms with van der Waals surface area (Å²) in [6.45, 7) is 3.96. The number of amides is 1. The maximum absolute atomic E-state index is 11.5. The van der Waals surface area contributed by atoms with Gasteiger partial charge < -0.3 is 10.1 Å². The first-order chi connectivity index (χ1) is 9.04. The Labute approximate surface area is 114 Å². The maximum Gasteiger partial charge on any atom is 0.407 e. The molecule has 0 radical (unpaired) electrons. The number of ether oxygens (including phenoxy) is 1. The monoisotopic (exact) mass is 257 g/mol. The van der Waals surface area contributed by atoms with Crippen LogP contribution in [0.4, 0.5) is 4.79 Å².